The van der Waals surface area contributed by atoms with Crippen molar-refractivity contribution in [2.45, 2.75) is 33.4 Å². The lowest BCUT2D eigenvalue weighted by Gasteiger charge is -2.38. The Morgan fingerprint density at radius 1 is 1.11 bits per heavy atom. The molecular formula is C28H33N7O. The van der Waals surface area contributed by atoms with Gasteiger partial charge >= 0.3 is 0 Å². The molecule has 0 bridgehead atoms. The molecule has 1 amide bonds. The van der Waals surface area contributed by atoms with E-state index in [-0.39, 0.29) is 5.91 Å². The van der Waals surface area contributed by atoms with Crippen LogP contribution in [0, 0.1) is 0 Å². The van der Waals surface area contributed by atoms with Gasteiger partial charge in [-0.15, -0.1) is 0 Å². The fourth-order valence-corrected chi connectivity index (χ4v) is 4.83. The molecule has 2 aromatic carbocycles. The molecule has 0 saturated carbocycles. The number of hydrogen-bond donors (Lipinski definition) is 2. The number of anilines is 2. The zero-order chi connectivity index (χ0) is 25.2. The predicted molar refractivity (Wildman–Crippen MR) is 147 cm³/mol. The maximum atomic E-state index is 11.9. The zero-order valence-electron chi connectivity index (χ0n) is 21.2. The number of nitrogens with one attached hydrogen (secondary N) is 2. The average Bonchev–Trinajstić information content (AvgIpc) is 3.27. The van der Waals surface area contributed by atoms with Gasteiger partial charge in [-0.25, -0.2) is 10.0 Å². The highest BCUT2D eigenvalue weighted by atomic mass is 16.1. The number of aliphatic imine (C=N–C) groups is 1. The summed E-state index contributed by atoms with van der Waals surface area (Å²) in [6.07, 6.45) is 3.52. The molecule has 1 saturated heterocycles. The van der Waals surface area contributed by atoms with Gasteiger partial charge in [0, 0.05) is 67.5 Å². The van der Waals surface area contributed by atoms with Crippen molar-refractivity contribution in [2.24, 2.45) is 10.1 Å². The average molecular weight is 484 g/mol. The van der Waals surface area contributed by atoms with E-state index in [0.717, 1.165) is 54.3 Å². The fraction of sp³-hybridized carbons (Fsp3) is 0.321. The SMILES string of the molecule is C=C1C(Nc2ccc(N3CCN(C(C)C)CC3)cc2)=NC=C(c2ccc3c(c2)CNC3=O)N1/N=C\C. The van der Waals surface area contributed by atoms with Gasteiger partial charge in [-0.05, 0) is 62.7 Å². The monoisotopic (exact) mass is 483 g/mol. The zero-order valence-corrected chi connectivity index (χ0v) is 21.2. The summed E-state index contributed by atoms with van der Waals surface area (Å²) >= 11 is 0. The molecule has 2 N–H and O–H groups in total. The molecule has 3 aliphatic rings. The Balaban J connectivity index is 1.32. The first-order valence-electron chi connectivity index (χ1n) is 12.5. The number of carbonyl (C=O) groups excluding carboxylic acids is 1. The lowest BCUT2D eigenvalue weighted by molar-refractivity contribution is 0.0965. The number of piperazine rings is 1. The minimum Gasteiger partial charge on any atom is -0.369 e. The molecule has 2 aromatic rings. The second-order valence-electron chi connectivity index (χ2n) is 9.47. The largest absolute Gasteiger partial charge is 0.369 e. The first kappa shape index (κ1) is 23.8. The Labute approximate surface area is 212 Å². The standard InChI is InChI=1S/C28H33N7O/c1-5-31-35-20(4)27(29-18-26(35)21-6-11-25-22(16-21)17-30-28(25)36)32-23-7-9-24(10-8-23)34-14-12-33(13-15-34)19(2)3/h5-11,16,18-19H,4,12-15,17H2,1-3H3,(H,29,32)(H,30,36)/b31-5-. The van der Waals surface area contributed by atoms with Crippen LogP contribution < -0.4 is 15.5 Å². The Morgan fingerprint density at radius 2 is 1.86 bits per heavy atom. The third kappa shape index (κ3) is 4.64. The van der Waals surface area contributed by atoms with E-state index < -0.39 is 0 Å². The van der Waals surface area contributed by atoms with E-state index in [1.165, 1.54) is 5.69 Å². The van der Waals surface area contributed by atoms with Crippen molar-refractivity contribution >= 4 is 35.0 Å². The molecular weight excluding hydrogens is 450 g/mol. The van der Waals surface area contributed by atoms with Crippen LogP contribution >= 0.6 is 0 Å². The first-order valence-corrected chi connectivity index (χ1v) is 12.5. The number of benzene rings is 2. The third-order valence-electron chi connectivity index (χ3n) is 6.93. The number of carbonyl (C=O) groups is 1. The number of hydrogen-bond acceptors (Lipinski definition) is 7. The number of fused-ring (bicyclic) bond motifs is 1. The van der Waals surface area contributed by atoms with E-state index in [9.17, 15) is 4.79 Å². The quantitative estimate of drug-likeness (QED) is 0.626. The third-order valence-corrected chi connectivity index (χ3v) is 6.93. The summed E-state index contributed by atoms with van der Waals surface area (Å²) in [5.74, 6) is 0.607. The van der Waals surface area contributed by atoms with Gasteiger partial charge in [0.25, 0.3) is 5.91 Å². The van der Waals surface area contributed by atoms with Gasteiger partial charge in [-0.3, -0.25) is 9.69 Å². The van der Waals surface area contributed by atoms with E-state index in [2.05, 4.69) is 75.2 Å². The van der Waals surface area contributed by atoms with Gasteiger partial charge < -0.3 is 15.5 Å². The molecule has 0 atom stereocenters. The van der Waals surface area contributed by atoms with Crippen molar-refractivity contribution in [3.8, 4) is 0 Å². The second-order valence-corrected chi connectivity index (χ2v) is 9.47. The molecule has 0 aliphatic carbocycles. The number of nitrogens with zero attached hydrogens (tertiary/aromatic N) is 5. The molecule has 5 rings (SSSR count). The predicted octanol–water partition coefficient (Wildman–Crippen LogP) is 4.10. The lowest BCUT2D eigenvalue weighted by Crippen LogP contribution is -2.48. The fourth-order valence-electron chi connectivity index (χ4n) is 4.83. The molecule has 1 fully saturated rings. The van der Waals surface area contributed by atoms with Crippen LogP contribution in [0.15, 0.2) is 71.0 Å². The highest BCUT2D eigenvalue weighted by Gasteiger charge is 2.25. The number of rotatable bonds is 5. The van der Waals surface area contributed by atoms with Crippen molar-refractivity contribution in [1.29, 1.82) is 0 Å². The van der Waals surface area contributed by atoms with Crippen molar-refractivity contribution in [1.82, 2.24) is 15.2 Å². The van der Waals surface area contributed by atoms with Crippen molar-refractivity contribution in [3.05, 3.63) is 77.6 Å². The Hall–Kier alpha value is -3.91. The van der Waals surface area contributed by atoms with Crippen LogP contribution in [0.5, 0.6) is 0 Å². The number of hydrazone groups is 1. The number of amides is 1. The number of amidine groups is 1. The minimum absolute atomic E-state index is 0.0321. The van der Waals surface area contributed by atoms with Gasteiger partial charge in [0.15, 0.2) is 5.84 Å². The van der Waals surface area contributed by atoms with Crippen molar-refractivity contribution in [3.63, 3.8) is 0 Å². The first-order chi connectivity index (χ1) is 17.4. The maximum Gasteiger partial charge on any atom is 0.251 e. The molecule has 8 nitrogen and oxygen atoms in total. The highest BCUT2D eigenvalue weighted by Crippen LogP contribution is 2.31. The van der Waals surface area contributed by atoms with Gasteiger partial charge in [0.05, 0.1) is 11.9 Å². The van der Waals surface area contributed by atoms with Crippen LogP contribution in [0.1, 0.15) is 42.3 Å². The van der Waals surface area contributed by atoms with E-state index in [0.29, 0.717) is 24.1 Å². The van der Waals surface area contributed by atoms with Gasteiger partial charge in [-0.1, -0.05) is 12.6 Å². The van der Waals surface area contributed by atoms with Crippen molar-refractivity contribution in [2.75, 3.05) is 36.4 Å². The van der Waals surface area contributed by atoms with Crippen LogP contribution in [-0.2, 0) is 6.54 Å². The highest BCUT2D eigenvalue weighted by molar-refractivity contribution is 6.09. The Morgan fingerprint density at radius 3 is 2.56 bits per heavy atom. The summed E-state index contributed by atoms with van der Waals surface area (Å²) in [6, 6.07) is 14.9. The van der Waals surface area contributed by atoms with Crippen LogP contribution in [0.4, 0.5) is 11.4 Å². The molecule has 8 heteroatoms. The van der Waals surface area contributed by atoms with E-state index in [1.54, 1.807) is 17.4 Å². The molecule has 36 heavy (non-hydrogen) atoms. The summed E-state index contributed by atoms with van der Waals surface area (Å²) in [7, 11) is 0. The minimum atomic E-state index is -0.0321. The summed E-state index contributed by atoms with van der Waals surface area (Å²) in [4.78, 5) is 21.6. The normalized spacial score (nSPS) is 18.4. The molecule has 0 unspecified atom stereocenters. The smallest absolute Gasteiger partial charge is 0.251 e. The van der Waals surface area contributed by atoms with E-state index in [4.69, 9.17) is 0 Å². The molecule has 0 radical (unpaired) electrons. The Kier molecular flexibility index (Phi) is 6.61. The molecule has 0 aromatic heterocycles. The summed E-state index contributed by atoms with van der Waals surface area (Å²) < 4.78 is 0. The van der Waals surface area contributed by atoms with Crippen LogP contribution in [0.2, 0.25) is 0 Å². The van der Waals surface area contributed by atoms with Gasteiger partial charge in [0.1, 0.15) is 5.70 Å². The van der Waals surface area contributed by atoms with E-state index >= 15 is 0 Å². The second kappa shape index (κ2) is 9.99. The lowest BCUT2D eigenvalue weighted by atomic mass is 10.0. The topological polar surface area (TPSA) is 75.6 Å². The summed E-state index contributed by atoms with van der Waals surface area (Å²) in [6.45, 7) is 15.4. The van der Waals surface area contributed by atoms with Crippen molar-refractivity contribution < 1.29 is 4.79 Å². The molecule has 0 spiro atoms. The maximum absolute atomic E-state index is 11.9. The van der Waals surface area contributed by atoms with Crippen LogP contribution in [0.3, 0.4) is 0 Å². The van der Waals surface area contributed by atoms with Gasteiger partial charge in [0.2, 0.25) is 0 Å². The molecule has 3 aliphatic heterocycles. The summed E-state index contributed by atoms with van der Waals surface area (Å²) in [5.41, 5.74) is 6.26. The summed E-state index contributed by atoms with van der Waals surface area (Å²) in [5, 5.41) is 12.6. The van der Waals surface area contributed by atoms with Crippen LogP contribution in [0.25, 0.3) is 5.70 Å². The molecule has 186 valence electrons. The van der Waals surface area contributed by atoms with E-state index in [1.807, 2.05) is 25.1 Å². The van der Waals surface area contributed by atoms with Gasteiger partial charge in [-0.2, -0.15) is 5.10 Å². The Bertz CT molecular complexity index is 1250. The molecule has 3 heterocycles. The van der Waals surface area contributed by atoms with Crippen LogP contribution in [-0.4, -0.2) is 60.1 Å².